The minimum atomic E-state index is -0.462. The molecule has 0 unspecified atom stereocenters. The summed E-state index contributed by atoms with van der Waals surface area (Å²) in [6, 6.07) is 7.88. The average molecular weight is 432 g/mol. The number of carbonyl (C=O) groups excluding carboxylic acids is 1. The summed E-state index contributed by atoms with van der Waals surface area (Å²) in [7, 11) is 0. The highest BCUT2D eigenvalue weighted by Gasteiger charge is 2.15. The molecular weight excluding hydrogens is 422 g/mol. The van der Waals surface area contributed by atoms with E-state index in [9.17, 15) is 9.90 Å². The third-order valence-corrected chi connectivity index (χ3v) is 4.36. The highest BCUT2D eigenvalue weighted by molar-refractivity contribution is 6.37. The number of phenolic OH excluding ortho intramolecular Hbond substituents is 1. The lowest BCUT2D eigenvalue weighted by Gasteiger charge is -2.04. The number of hydrogen-bond donors (Lipinski definition) is 3. The van der Waals surface area contributed by atoms with Gasteiger partial charge in [-0.15, -0.1) is 0 Å². The summed E-state index contributed by atoms with van der Waals surface area (Å²) < 4.78 is 0. The van der Waals surface area contributed by atoms with Gasteiger partial charge in [0, 0.05) is 22.2 Å². The van der Waals surface area contributed by atoms with Crippen LogP contribution in [0.3, 0.4) is 0 Å². The van der Waals surface area contributed by atoms with E-state index in [1.54, 1.807) is 18.2 Å². The van der Waals surface area contributed by atoms with E-state index in [0.29, 0.717) is 15.6 Å². The van der Waals surface area contributed by atoms with Crippen molar-refractivity contribution in [3.8, 4) is 17.1 Å². The van der Waals surface area contributed by atoms with Gasteiger partial charge in [-0.05, 0) is 35.9 Å². The number of phenols is 1. The molecule has 0 aliphatic carbocycles. The number of amides is 1. The fraction of sp³-hybridized carbons (Fsp3) is 0.0625. The molecule has 26 heavy (non-hydrogen) atoms. The Hall–Kier alpha value is -1.99. The summed E-state index contributed by atoms with van der Waals surface area (Å²) >= 11 is 23.6. The number of aromatic amines is 1. The molecule has 6 nitrogen and oxygen atoms in total. The standard InChI is InChI=1S/C16H10Cl4N4O2/c17-9-1-7(2-10(18)5-9)6-21-16(26)15-22-14(23-24-15)8-3-11(19)13(25)12(20)4-8/h1-5,25H,6H2,(H,21,26)(H,22,23,24). The minimum absolute atomic E-state index is 0.00782. The number of nitrogens with one attached hydrogen (secondary N) is 2. The normalized spacial score (nSPS) is 10.8. The van der Waals surface area contributed by atoms with Crippen LogP contribution in [0.4, 0.5) is 0 Å². The molecule has 0 spiro atoms. The van der Waals surface area contributed by atoms with Gasteiger partial charge in [-0.2, -0.15) is 5.10 Å². The molecule has 1 aromatic heterocycles. The van der Waals surface area contributed by atoms with Crippen LogP contribution in [0.25, 0.3) is 11.4 Å². The van der Waals surface area contributed by atoms with Gasteiger partial charge in [0.15, 0.2) is 11.6 Å². The lowest BCUT2D eigenvalue weighted by atomic mass is 10.2. The predicted octanol–water partition coefficient (Wildman–Crippen LogP) is 4.72. The van der Waals surface area contributed by atoms with Crippen molar-refractivity contribution in [3.05, 3.63) is 61.8 Å². The van der Waals surface area contributed by atoms with Crippen LogP contribution in [0.1, 0.15) is 16.2 Å². The molecule has 0 saturated carbocycles. The van der Waals surface area contributed by atoms with E-state index in [2.05, 4.69) is 20.5 Å². The van der Waals surface area contributed by atoms with E-state index in [1.807, 2.05) is 0 Å². The van der Waals surface area contributed by atoms with Crippen LogP contribution in [0.2, 0.25) is 20.1 Å². The second kappa shape index (κ2) is 7.72. The molecule has 0 aliphatic rings. The highest BCUT2D eigenvalue weighted by Crippen LogP contribution is 2.35. The smallest absolute Gasteiger partial charge is 0.288 e. The Morgan fingerprint density at radius 2 is 1.65 bits per heavy atom. The van der Waals surface area contributed by atoms with Crippen molar-refractivity contribution in [1.82, 2.24) is 20.5 Å². The van der Waals surface area contributed by atoms with Gasteiger partial charge in [-0.3, -0.25) is 9.89 Å². The molecule has 134 valence electrons. The largest absolute Gasteiger partial charge is 0.505 e. The monoisotopic (exact) mass is 430 g/mol. The maximum Gasteiger partial charge on any atom is 0.288 e. The summed E-state index contributed by atoms with van der Waals surface area (Å²) in [5.41, 5.74) is 1.20. The van der Waals surface area contributed by atoms with Gasteiger partial charge in [-0.25, -0.2) is 4.98 Å². The van der Waals surface area contributed by atoms with Gasteiger partial charge in [0.2, 0.25) is 5.82 Å². The average Bonchev–Trinajstić information content (AvgIpc) is 3.06. The van der Waals surface area contributed by atoms with Crippen molar-refractivity contribution < 1.29 is 9.90 Å². The van der Waals surface area contributed by atoms with E-state index in [1.165, 1.54) is 12.1 Å². The van der Waals surface area contributed by atoms with Crippen LogP contribution in [0.5, 0.6) is 5.75 Å². The quantitative estimate of drug-likeness (QED) is 0.557. The first-order valence-corrected chi connectivity index (χ1v) is 8.68. The molecule has 0 fully saturated rings. The Labute approximate surface area is 168 Å². The number of aromatic nitrogens is 3. The van der Waals surface area contributed by atoms with Gasteiger partial charge in [0.05, 0.1) is 10.0 Å². The number of H-pyrrole nitrogens is 1. The fourth-order valence-electron chi connectivity index (χ4n) is 2.17. The summed E-state index contributed by atoms with van der Waals surface area (Å²) in [6.07, 6.45) is 0. The molecule has 0 saturated heterocycles. The SMILES string of the molecule is O=C(NCc1cc(Cl)cc(Cl)c1)c1nc(-c2cc(Cl)c(O)c(Cl)c2)n[nH]1. The van der Waals surface area contributed by atoms with Crippen LogP contribution in [-0.2, 0) is 6.54 Å². The maximum absolute atomic E-state index is 12.2. The number of rotatable bonds is 4. The van der Waals surface area contributed by atoms with Gasteiger partial charge in [-0.1, -0.05) is 46.4 Å². The molecule has 1 amide bonds. The van der Waals surface area contributed by atoms with E-state index >= 15 is 0 Å². The molecule has 2 aromatic carbocycles. The summed E-state index contributed by atoms with van der Waals surface area (Å²) in [4.78, 5) is 16.3. The van der Waals surface area contributed by atoms with Gasteiger partial charge < -0.3 is 10.4 Å². The Morgan fingerprint density at radius 1 is 1.04 bits per heavy atom. The fourth-order valence-corrected chi connectivity index (χ4v) is 3.22. The number of halogens is 4. The van der Waals surface area contributed by atoms with E-state index < -0.39 is 5.91 Å². The van der Waals surface area contributed by atoms with Crippen molar-refractivity contribution in [2.24, 2.45) is 0 Å². The number of carbonyl (C=O) groups is 1. The van der Waals surface area contributed by atoms with Crippen LogP contribution < -0.4 is 5.32 Å². The number of aromatic hydroxyl groups is 1. The molecule has 3 N–H and O–H groups in total. The lowest BCUT2D eigenvalue weighted by Crippen LogP contribution is -2.24. The molecule has 0 atom stereocenters. The number of hydrogen-bond acceptors (Lipinski definition) is 4. The zero-order valence-electron chi connectivity index (χ0n) is 12.9. The van der Waals surface area contributed by atoms with Crippen molar-refractivity contribution in [2.75, 3.05) is 0 Å². The summed E-state index contributed by atoms with van der Waals surface area (Å²) in [6.45, 7) is 0.214. The van der Waals surface area contributed by atoms with Crippen LogP contribution in [0.15, 0.2) is 30.3 Å². The first kappa shape index (κ1) is 18.8. The zero-order valence-corrected chi connectivity index (χ0v) is 15.9. The van der Waals surface area contributed by atoms with Crippen molar-refractivity contribution in [2.45, 2.75) is 6.54 Å². The molecule has 0 bridgehead atoms. The molecule has 1 heterocycles. The number of benzene rings is 2. The van der Waals surface area contributed by atoms with E-state index in [-0.39, 0.29) is 34.0 Å². The Morgan fingerprint density at radius 3 is 2.27 bits per heavy atom. The van der Waals surface area contributed by atoms with E-state index in [4.69, 9.17) is 46.4 Å². The first-order valence-electron chi connectivity index (χ1n) is 7.17. The molecule has 3 aromatic rings. The molecule has 10 heteroatoms. The number of nitrogens with zero attached hydrogens (tertiary/aromatic N) is 2. The molecule has 0 radical (unpaired) electrons. The van der Waals surface area contributed by atoms with Crippen LogP contribution >= 0.6 is 46.4 Å². The van der Waals surface area contributed by atoms with Crippen molar-refractivity contribution >= 4 is 52.3 Å². The Balaban J connectivity index is 1.74. The summed E-state index contributed by atoms with van der Waals surface area (Å²) in [5.74, 6) is -0.472. The Kier molecular flexibility index (Phi) is 5.58. The van der Waals surface area contributed by atoms with Gasteiger partial charge >= 0.3 is 0 Å². The summed E-state index contributed by atoms with van der Waals surface area (Å²) in [5, 5.41) is 19.9. The molecule has 0 aliphatic heterocycles. The molecular formula is C16H10Cl4N4O2. The third-order valence-electron chi connectivity index (χ3n) is 3.35. The van der Waals surface area contributed by atoms with Gasteiger partial charge in [0.25, 0.3) is 5.91 Å². The maximum atomic E-state index is 12.2. The van der Waals surface area contributed by atoms with Crippen LogP contribution in [0, 0.1) is 0 Å². The second-order valence-corrected chi connectivity index (χ2v) is 6.94. The Bertz CT molecular complexity index is 947. The third kappa shape index (κ3) is 4.22. The predicted molar refractivity (Wildman–Crippen MR) is 101 cm³/mol. The van der Waals surface area contributed by atoms with Crippen molar-refractivity contribution in [1.29, 1.82) is 0 Å². The second-order valence-electron chi connectivity index (χ2n) is 5.26. The van der Waals surface area contributed by atoms with Crippen LogP contribution in [-0.4, -0.2) is 26.2 Å². The van der Waals surface area contributed by atoms with Crippen molar-refractivity contribution in [3.63, 3.8) is 0 Å². The first-order chi connectivity index (χ1) is 12.3. The zero-order chi connectivity index (χ0) is 18.8. The molecule has 3 rings (SSSR count). The topological polar surface area (TPSA) is 90.9 Å². The highest BCUT2D eigenvalue weighted by atomic mass is 35.5. The lowest BCUT2D eigenvalue weighted by molar-refractivity contribution is 0.0941. The van der Waals surface area contributed by atoms with E-state index in [0.717, 1.165) is 5.56 Å². The van der Waals surface area contributed by atoms with Gasteiger partial charge in [0.1, 0.15) is 0 Å². The minimum Gasteiger partial charge on any atom is -0.505 e.